The van der Waals surface area contributed by atoms with Crippen LogP contribution in [0.2, 0.25) is 0 Å². The number of hydrogen-bond acceptors (Lipinski definition) is 4. The van der Waals surface area contributed by atoms with Gasteiger partial charge in [0.05, 0.1) is 10.2 Å². The maximum atomic E-state index is 13.2. The van der Waals surface area contributed by atoms with E-state index in [0.29, 0.717) is 10.2 Å². The zero-order valence-corrected chi connectivity index (χ0v) is 11.7. The minimum atomic E-state index is -0.361. The molecule has 0 spiro atoms. The summed E-state index contributed by atoms with van der Waals surface area (Å²) in [5.74, 6) is 0.0743. The smallest absolute Gasteiger partial charge is 0.345 e. The Morgan fingerprint density at radius 2 is 1.90 bits per heavy atom. The van der Waals surface area contributed by atoms with E-state index in [1.807, 2.05) is 30.3 Å². The fourth-order valence-corrected chi connectivity index (χ4v) is 1.98. The van der Waals surface area contributed by atoms with Crippen LogP contribution < -0.4 is 4.74 Å². The van der Waals surface area contributed by atoms with Crippen LogP contribution in [0.5, 0.6) is 11.8 Å². The lowest BCUT2D eigenvalue weighted by atomic mass is 10.3. The summed E-state index contributed by atoms with van der Waals surface area (Å²) in [5, 5.41) is 11.3. The summed E-state index contributed by atoms with van der Waals surface area (Å²) in [6.07, 6.45) is 0. The van der Waals surface area contributed by atoms with E-state index in [2.05, 4.69) is 31.5 Å². The van der Waals surface area contributed by atoms with Crippen molar-refractivity contribution in [2.24, 2.45) is 0 Å². The molecular formula is C13H8BrFN4O. The highest BCUT2D eigenvalue weighted by molar-refractivity contribution is 9.10. The molecule has 0 unspecified atom stereocenters. The third-order valence-electron chi connectivity index (χ3n) is 2.54. The molecule has 20 heavy (non-hydrogen) atoms. The van der Waals surface area contributed by atoms with E-state index in [1.54, 1.807) is 0 Å². The molecule has 0 radical (unpaired) electrons. The normalized spacial score (nSPS) is 10.5. The minimum Gasteiger partial charge on any atom is -0.423 e. The van der Waals surface area contributed by atoms with E-state index >= 15 is 0 Å². The first-order chi connectivity index (χ1) is 9.74. The molecular weight excluding hydrogens is 327 g/mol. The molecule has 2 aromatic carbocycles. The van der Waals surface area contributed by atoms with Crippen LogP contribution in [-0.4, -0.2) is 20.2 Å². The molecule has 0 aliphatic heterocycles. The van der Waals surface area contributed by atoms with Crippen LogP contribution >= 0.6 is 15.9 Å². The number of rotatable bonds is 3. The summed E-state index contributed by atoms with van der Waals surface area (Å²) in [4.78, 5) is 0. The predicted octanol–water partition coefficient (Wildman–Crippen LogP) is 3.36. The van der Waals surface area contributed by atoms with Crippen LogP contribution in [0.3, 0.4) is 0 Å². The first-order valence-electron chi connectivity index (χ1n) is 5.71. The largest absolute Gasteiger partial charge is 0.423 e. The van der Waals surface area contributed by atoms with Crippen LogP contribution in [0.1, 0.15) is 0 Å². The van der Waals surface area contributed by atoms with Gasteiger partial charge in [-0.1, -0.05) is 23.3 Å². The van der Waals surface area contributed by atoms with Gasteiger partial charge in [-0.15, -0.1) is 0 Å². The molecule has 1 aromatic heterocycles. The summed E-state index contributed by atoms with van der Waals surface area (Å²) in [6, 6.07) is 13.9. The Hall–Kier alpha value is -2.28. The topological polar surface area (TPSA) is 52.8 Å². The number of halogens is 2. The predicted molar refractivity (Wildman–Crippen MR) is 73.3 cm³/mol. The van der Waals surface area contributed by atoms with Gasteiger partial charge in [0.1, 0.15) is 11.6 Å². The van der Waals surface area contributed by atoms with Gasteiger partial charge in [0, 0.05) is 0 Å². The number of hydrogen-bond donors (Lipinski definition) is 0. The number of aromatic nitrogens is 4. The van der Waals surface area contributed by atoms with E-state index in [9.17, 15) is 4.39 Å². The Kier molecular flexibility index (Phi) is 3.42. The van der Waals surface area contributed by atoms with Crippen LogP contribution in [-0.2, 0) is 0 Å². The van der Waals surface area contributed by atoms with Crippen LogP contribution in [0, 0.1) is 5.82 Å². The van der Waals surface area contributed by atoms with Crippen LogP contribution in [0.25, 0.3) is 5.69 Å². The Morgan fingerprint density at radius 3 is 2.65 bits per heavy atom. The molecule has 1 heterocycles. The fraction of sp³-hybridized carbons (Fsp3) is 0. The second-order valence-corrected chi connectivity index (χ2v) is 4.74. The molecule has 0 amide bonds. The zero-order chi connectivity index (χ0) is 13.9. The quantitative estimate of drug-likeness (QED) is 0.737. The number of nitrogens with zero attached hydrogens (tertiary/aromatic N) is 4. The first-order valence-corrected chi connectivity index (χ1v) is 6.50. The molecule has 5 nitrogen and oxygen atoms in total. The van der Waals surface area contributed by atoms with Crippen molar-refractivity contribution >= 4 is 15.9 Å². The lowest BCUT2D eigenvalue weighted by molar-refractivity contribution is 0.425. The van der Waals surface area contributed by atoms with Crippen molar-refractivity contribution in [1.82, 2.24) is 20.2 Å². The van der Waals surface area contributed by atoms with Gasteiger partial charge in [-0.3, -0.25) is 0 Å². The minimum absolute atomic E-state index is 0.203. The molecule has 0 N–H and O–H groups in total. The molecule has 3 rings (SSSR count). The van der Waals surface area contributed by atoms with Gasteiger partial charge in [0.25, 0.3) is 0 Å². The fourth-order valence-electron chi connectivity index (χ4n) is 1.62. The van der Waals surface area contributed by atoms with Gasteiger partial charge in [-0.25, -0.2) is 4.39 Å². The summed E-state index contributed by atoms with van der Waals surface area (Å²) >= 11 is 3.10. The average molecular weight is 335 g/mol. The van der Waals surface area contributed by atoms with Crippen LogP contribution in [0.4, 0.5) is 4.39 Å². The standard InChI is InChI=1S/C13H8BrFN4O/c14-11-8-10(6-7-12(11)15)20-13-16-17-18-19(13)9-4-2-1-3-5-9/h1-8H. The van der Waals surface area contributed by atoms with Crippen molar-refractivity contribution in [3.8, 4) is 17.4 Å². The third-order valence-corrected chi connectivity index (χ3v) is 3.15. The Morgan fingerprint density at radius 1 is 1.10 bits per heavy atom. The monoisotopic (exact) mass is 334 g/mol. The molecule has 0 aliphatic rings. The lowest BCUT2D eigenvalue weighted by Crippen LogP contribution is -2.00. The molecule has 0 aliphatic carbocycles. The maximum absolute atomic E-state index is 13.2. The zero-order valence-electron chi connectivity index (χ0n) is 10.1. The third kappa shape index (κ3) is 2.53. The Balaban J connectivity index is 1.92. The average Bonchev–Trinajstić information content (AvgIpc) is 2.92. The lowest BCUT2D eigenvalue weighted by Gasteiger charge is -2.06. The summed E-state index contributed by atoms with van der Waals surface area (Å²) in [6.45, 7) is 0. The van der Waals surface area contributed by atoms with E-state index in [4.69, 9.17) is 4.74 Å². The van der Waals surface area contributed by atoms with Gasteiger partial charge in [0.2, 0.25) is 0 Å². The molecule has 0 saturated heterocycles. The van der Waals surface area contributed by atoms with Gasteiger partial charge in [-0.05, 0) is 56.7 Å². The van der Waals surface area contributed by atoms with Crippen molar-refractivity contribution in [1.29, 1.82) is 0 Å². The van der Waals surface area contributed by atoms with Gasteiger partial charge in [-0.2, -0.15) is 4.68 Å². The maximum Gasteiger partial charge on any atom is 0.345 e. The number of benzene rings is 2. The summed E-state index contributed by atoms with van der Waals surface area (Å²) in [5.41, 5.74) is 0.772. The van der Waals surface area contributed by atoms with Crippen LogP contribution in [0.15, 0.2) is 53.0 Å². The number of para-hydroxylation sites is 1. The SMILES string of the molecule is Fc1ccc(Oc2nnnn2-c2ccccc2)cc1Br. The van der Waals surface area contributed by atoms with E-state index in [0.717, 1.165) is 5.69 Å². The highest BCUT2D eigenvalue weighted by Gasteiger charge is 2.11. The molecule has 3 aromatic rings. The molecule has 0 fully saturated rings. The van der Waals surface area contributed by atoms with E-state index in [-0.39, 0.29) is 11.8 Å². The Labute approximate surface area is 122 Å². The number of ether oxygens (including phenoxy) is 1. The second-order valence-electron chi connectivity index (χ2n) is 3.89. The van der Waals surface area contributed by atoms with Crippen molar-refractivity contribution < 1.29 is 9.13 Å². The highest BCUT2D eigenvalue weighted by Crippen LogP contribution is 2.25. The van der Waals surface area contributed by atoms with Crippen molar-refractivity contribution in [2.75, 3.05) is 0 Å². The first kappa shape index (κ1) is 12.7. The van der Waals surface area contributed by atoms with E-state index in [1.165, 1.54) is 22.9 Å². The van der Waals surface area contributed by atoms with E-state index < -0.39 is 0 Å². The van der Waals surface area contributed by atoms with Crippen molar-refractivity contribution in [3.63, 3.8) is 0 Å². The Bertz CT molecular complexity index is 732. The van der Waals surface area contributed by atoms with Crippen molar-refractivity contribution in [2.45, 2.75) is 0 Å². The molecule has 7 heteroatoms. The highest BCUT2D eigenvalue weighted by atomic mass is 79.9. The van der Waals surface area contributed by atoms with Gasteiger partial charge >= 0.3 is 6.01 Å². The van der Waals surface area contributed by atoms with Gasteiger partial charge < -0.3 is 4.74 Å². The molecule has 0 saturated carbocycles. The van der Waals surface area contributed by atoms with Gasteiger partial charge in [0.15, 0.2) is 0 Å². The number of tetrazole rings is 1. The molecule has 0 atom stereocenters. The second kappa shape index (κ2) is 5.38. The molecule has 100 valence electrons. The summed E-state index contributed by atoms with van der Waals surface area (Å²) < 4.78 is 20.5. The molecule has 0 bridgehead atoms. The van der Waals surface area contributed by atoms with Crippen molar-refractivity contribution in [3.05, 3.63) is 58.8 Å². The summed E-state index contributed by atoms with van der Waals surface area (Å²) in [7, 11) is 0.